The van der Waals surface area contributed by atoms with E-state index in [2.05, 4.69) is 5.32 Å². The van der Waals surface area contributed by atoms with Crippen LogP contribution in [0.4, 0.5) is 21.9 Å². The maximum absolute atomic E-state index is 12.2. The molecule has 2 aromatic rings. The Morgan fingerprint density at radius 1 is 1.05 bits per heavy atom. The number of nitrogens with zero attached hydrogens (tertiary/aromatic N) is 2. The molecule has 0 unspecified atom stereocenters. The number of rotatable bonds is 2. The average molecular weight is 269 g/mol. The van der Waals surface area contributed by atoms with Gasteiger partial charge >= 0.3 is 6.03 Å². The molecule has 0 aliphatic carbocycles. The molecule has 0 fully saturated rings. The van der Waals surface area contributed by atoms with Gasteiger partial charge in [-0.2, -0.15) is 10.2 Å². The van der Waals surface area contributed by atoms with Gasteiger partial charge in [0.1, 0.15) is 5.69 Å². The first kappa shape index (κ1) is 12.5. The predicted octanol–water partition coefficient (Wildman–Crippen LogP) is 3.41. The highest BCUT2D eigenvalue weighted by Gasteiger charge is 2.31. The molecule has 1 aliphatic heterocycles. The molecule has 0 saturated carbocycles. The standard InChI is InChI=1S/C15H15N3O2/c1-2-11-7-3-5-9-13(11)17-15(19)16-12-8-4-6-10-14(12)18(17)20/h3-10,20H,2H2,1H3,(H,16,19). The number of hydrogen-bond acceptors (Lipinski definition) is 3. The summed E-state index contributed by atoms with van der Waals surface area (Å²) in [6, 6.07) is 14.2. The van der Waals surface area contributed by atoms with Crippen LogP contribution in [0.5, 0.6) is 0 Å². The first-order valence-corrected chi connectivity index (χ1v) is 6.49. The molecule has 0 aromatic heterocycles. The lowest BCUT2D eigenvalue weighted by atomic mass is 10.1. The van der Waals surface area contributed by atoms with E-state index in [9.17, 15) is 10.0 Å². The number of nitrogens with one attached hydrogen (secondary N) is 1. The summed E-state index contributed by atoms with van der Waals surface area (Å²) in [5.41, 5.74) is 2.79. The van der Waals surface area contributed by atoms with E-state index in [1.807, 2.05) is 43.3 Å². The van der Waals surface area contributed by atoms with Crippen molar-refractivity contribution in [2.75, 3.05) is 15.5 Å². The van der Waals surface area contributed by atoms with Crippen molar-refractivity contribution in [2.24, 2.45) is 0 Å². The van der Waals surface area contributed by atoms with Crippen LogP contribution in [-0.2, 0) is 6.42 Å². The van der Waals surface area contributed by atoms with Crippen molar-refractivity contribution in [3.05, 3.63) is 54.1 Å². The van der Waals surface area contributed by atoms with Crippen LogP contribution in [0.15, 0.2) is 48.5 Å². The molecule has 2 aromatic carbocycles. The van der Waals surface area contributed by atoms with Gasteiger partial charge < -0.3 is 5.32 Å². The Bertz CT molecular complexity index is 657. The minimum Gasteiger partial charge on any atom is -0.304 e. The number of para-hydroxylation sites is 3. The smallest absolute Gasteiger partial charge is 0.304 e. The van der Waals surface area contributed by atoms with E-state index in [0.29, 0.717) is 17.1 Å². The van der Waals surface area contributed by atoms with Crippen LogP contribution in [0.2, 0.25) is 0 Å². The Balaban J connectivity index is 2.09. The number of carbonyl (C=O) groups excluding carboxylic acids is 1. The summed E-state index contributed by atoms with van der Waals surface area (Å²) in [6.45, 7) is 2.01. The largest absolute Gasteiger partial charge is 0.347 e. The van der Waals surface area contributed by atoms with Gasteiger partial charge in [-0.15, -0.1) is 0 Å². The molecule has 3 rings (SSSR count). The highest BCUT2D eigenvalue weighted by Crippen LogP contribution is 2.34. The van der Waals surface area contributed by atoms with E-state index in [-0.39, 0.29) is 6.03 Å². The van der Waals surface area contributed by atoms with Gasteiger partial charge in [-0.05, 0) is 30.2 Å². The number of hydrazine groups is 1. The highest BCUT2D eigenvalue weighted by molar-refractivity contribution is 6.08. The van der Waals surface area contributed by atoms with Gasteiger partial charge in [-0.25, -0.2) is 4.79 Å². The number of urea groups is 1. The summed E-state index contributed by atoms with van der Waals surface area (Å²) in [7, 11) is 0. The molecule has 20 heavy (non-hydrogen) atoms. The second-order valence-electron chi connectivity index (χ2n) is 4.53. The average Bonchev–Trinajstić information content (AvgIpc) is 2.48. The van der Waals surface area contributed by atoms with E-state index in [0.717, 1.165) is 17.2 Å². The van der Waals surface area contributed by atoms with Gasteiger partial charge in [0.15, 0.2) is 0 Å². The third kappa shape index (κ3) is 1.88. The van der Waals surface area contributed by atoms with E-state index < -0.39 is 0 Å². The van der Waals surface area contributed by atoms with Crippen LogP contribution in [0.3, 0.4) is 0 Å². The lowest BCUT2D eigenvalue weighted by Crippen LogP contribution is -2.51. The van der Waals surface area contributed by atoms with Crippen molar-refractivity contribution in [3.63, 3.8) is 0 Å². The molecule has 102 valence electrons. The third-order valence-corrected chi connectivity index (χ3v) is 3.34. The number of hydrogen-bond donors (Lipinski definition) is 2. The van der Waals surface area contributed by atoms with Crippen LogP contribution in [-0.4, -0.2) is 11.2 Å². The third-order valence-electron chi connectivity index (χ3n) is 3.34. The molecule has 5 nitrogen and oxygen atoms in total. The summed E-state index contributed by atoms with van der Waals surface area (Å²) in [5.74, 6) is 0. The van der Waals surface area contributed by atoms with Crippen LogP contribution >= 0.6 is 0 Å². The molecule has 1 heterocycles. The molecule has 0 bridgehead atoms. The number of anilines is 3. The van der Waals surface area contributed by atoms with Gasteiger partial charge in [0, 0.05) is 0 Å². The van der Waals surface area contributed by atoms with Gasteiger partial charge in [-0.1, -0.05) is 37.3 Å². The van der Waals surface area contributed by atoms with Crippen molar-refractivity contribution < 1.29 is 10.0 Å². The van der Waals surface area contributed by atoms with Crippen molar-refractivity contribution in [2.45, 2.75) is 13.3 Å². The lowest BCUT2D eigenvalue weighted by molar-refractivity contribution is 0.221. The van der Waals surface area contributed by atoms with E-state index in [4.69, 9.17) is 0 Å². The zero-order valence-corrected chi connectivity index (χ0v) is 11.1. The van der Waals surface area contributed by atoms with Gasteiger partial charge in [0.25, 0.3) is 0 Å². The van der Waals surface area contributed by atoms with Crippen LogP contribution in [0, 0.1) is 0 Å². The summed E-state index contributed by atoms with van der Waals surface area (Å²) in [6.07, 6.45) is 0.773. The second-order valence-corrected chi connectivity index (χ2v) is 4.53. The summed E-state index contributed by atoms with van der Waals surface area (Å²) >= 11 is 0. The molecule has 2 N–H and O–H groups in total. The maximum atomic E-state index is 12.2. The van der Waals surface area contributed by atoms with Crippen molar-refractivity contribution in [1.29, 1.82) is 0 Å². The van der Waals surface area contributed by atoms with Crippen molar-refractivity contribution >= 4 is 23.1 Å². The summed E-state index contributed by atoms with van der Waals surface area (Å²) < 4.78 is 0. The zero-order chi connectivity index (χ0) is 14.1. The number of fused-ring (bicyclic) bond motifs is 1. The fourth-order valence-corrected chi connectivity index (χ4v) is 2.34. The lowest BCUT2D eigenvalue weighted by Gasteiger charge is -2.36. The molecule has 5 heteroatoms. The fraction of sp³-hybridized carbons (Fsp3) is 0.133. The van der Waals surface area contributed by atoms with E-state index in [1.165, 1.54) is 5.01 Å². The van der Waals surface area contributed by atoms with Crippen LogP contribution < -0.4 is 15.5 Å². The van der Waals surface area contributed by atoms with Gasteiger partial charge in [-0.3, -0.25) is 5.21 Å². The van der Waals surface area contributed by atoms with Crippen molar-refractivity contribution in [3.8, 4) is 0 Å². The summed E-state index contributed by atoms with van der Waals surface area (Å²) in [4.78, 5) is 12.2. The Morgan fingerprint density at radius 3 is 2.45 bits per heavy atom. The van der Waals surface area contributed by atoms with Crippen LogP contribution in [0.25, 0.3) is 0 Å². The maximum Gasteiger partial charge on any atom is 0.347 e. The Kier molecular flexibility index (Phi) is 3.04. The summed E-state index contributed by atoms with van der Waals surface area (Å²) in [5, 5.41) is 15.3. The molecule has 0 spiro atoms. The quantitative estimate of drug-likeness (QED) is 0.878. The molecular weight excluding hydrogens is 254 g/mol. The molecular formula is C15H15N3O2. The van der Waals surface area contributed by atoms with Crippen molar-refractivity contribution in [1.82, 2.24) is 0 Å². The monoisotopic (exact) mass is 269 g/mol. The molecule has 0 saturated heterocycles. The molecule has 0 radical (unpaired) electrons. The zero-order valence-electron chi connectivity index (χ0n) is 11.1. The minimum atomic E-state index is -0.382. The number of benzene rings is 2. The number of aryl methyl sites for hydroxylation is 1. The fourth-order valence-electron chi connectivity index (χ4n) is 2.34. The Labute approximate surface area is 117 Å². The van der Waals surface area contributed by atoms with Gasteiger partial charge in [0.05, 0.1) is 11.4 Å². The van der Waals surface area contributed by atoms with E-state index >= 15 is 0 Å². The first-order valence-electron chi connectivity index (χ1n) is 6.49. The molecule has 2 amide bonds. The second kappa shape index (κ2) is 4.86. The first-order chi connectivity index (χ1) is 9.72. The molecule has 1 aliphatic rings. The SMILES string of the molecule is CCc1ccccc1N1C(=O)Nc2ccccc2N1O. The normalized spacial score (nSPS) is 14.0. The highest BCUT2D eigenvalue weighted by atomic mass is 16.6. The Morgan fingerprint density at radius 2 is 1.70 bits per heavy atom. The molecule has 0 atom stereocenters. The minimum absolute atomic E-state index is 0.382. The number of amides is 2. The predicted molar refractivity (Wildman–Crippen MR) is 78.0 cm³/mol. The number of carbonyl (C=O) groups is 1. The van der Waals surface area contributed by atoms with Crippen LogP contribution in [0.1, 0.15) is 12.5 Å². The topological polar surface area (TPSA) is 55.8 Å². The van der Waals surface area contributed by atoms with Gasteiger partial charge in [0.2, 0.25) is 0 Å². The Hall–Kier alpha value is -2.53. The van der Waals surface area contributed by atoms with E-state index in [1.54, 1.807) is 12.1 Å².